The van der Waals surface area contributed by atoms with E-state index in [1.807, 2.05) is 36.4 Å². The number of para-hydroxylation sites is 2. The predicted octanol–water partition coefficient (Wildman–Crippen LogP) is 2.68. The van der Waals surface area contributed by atoms with Crippen molar-refractivity contribution in [1.29, 1.82) is 0 Å². The maximum Gasteiger partial charge on any atom is 0.262 e. The van der Waals surface area contributed by atoms with Crippen LogP contribution >= 0.6 is 0 Å². The van der Waals surface area contributed by atoms with Crippen LogP contribution in [0.4, 0.5) is 5.69 Å². The van der Waals surface area contributed by atoms with Gasteiger partial charge in [-0.1, -0.05) is 54.6 Å². The Morgan fingerprint density at radius 2 is 1.58 bits per heavy atom. The van der Waals surface area contributed by atoms with Gasteiger partial charge in [0.15, 0.2) is 6.10 Å². The molecule has 1 heterocycles. The summed E-state index contributed by atoms with van der Waals surface area (Å²) < 4.78 is 32.0. The van der Waals surface area contributed by atoms with Gasteiger partial charge in [0.25, 0.3) is 5.91 Å². The zero-order valence-electron chi connectivity index (χ0n) is 20.0. The van der Waals surface area contributed by atoms with E-state index in [1.165, 1.54) is 19.2 Å². The Kier molecular flexibility index (Phi) is 8.02. The number of benzene rings is 3. The van der Waals surface area contributed by atoms with Gasteiger partial charge in [0.1, 0.15) is 5.75 Å². The Hall–Kier alpha value is -3.69. The van der Waals surface area contributed by atoms with E-state index in [2.05, 4.69) is 10.0 Å². The van der Waals surface area contributed by atoms with E-state index in [9.17, 15) is 18.0 Å². The lowest BCUT2D eigenvalue weighted by Crippen LogP contribution is -2.51. The number of hydrogen-bond acceptors (Lipinski definition) is 5. The number of sulfonamides is 1. The summed E-state index contributed by atoms with van der Waals surface area (Å²) in [5, 5.41) is 2.92. The van der Waals surface area contributed by atoms with Crippen molar-refractivity contribution in [2.24, 2.45) is 0 Å². The fraction of sp³-hybridized carbons (Fsp3) is 0.259. The lowest BCUT2D eigenvalue weighted by Gasteiger charge is -2.34. The summed E-state index contributed by atoms with van der Waals surface area (Å²) in [5.74, 6) is 0.0845. The molecule has 188 valence electrons. The zero-order chi connectivity index (χ0) is 25.5. The molecule has 0 bridgehead atoms. The molecule has 2 amide bonds. The van der Waals surface area contributed by atoms with Crippen LogP contribution in [0.1, 0.15) is 17.5 Å². The quantitative estimate of drug-likeness (QED) is 0.463. The van der Waals surface area contributed by atoms with Gasteiger partial charge in [-0.05, 0) is 55.3 Å². The molecule has 0 aromatic heterocycles. The Balaban J connectivity index is 1.39. The van der Waals surface area contributed by atoms with Crippen LogP contribution in [0.2, 0.25) is 0 Å². The number of nitrogens with zero attached hydrogens (tertiary/aromatic N) is 1. The van der Waals surface area contributed by atoms with Crippen LogP contribution in [0.15, 0.2) is 83.8 Å². The normalized spacial score (nSPS) is 15.0. The average molecular weight is 508 g/mol. The average Bonchev–Trinajstić information content (AvgIpc) is 2.91. The molecule has 1 atom stereocenters. The summed E-state index contributed by atoms with van der Waals surface area (Å²) in [6.45, 7) is 0.587. The smallest absolute Gasteiger partial charge is 0.262 e. The molecule has 1 aliphatic heterocycles. The Bertz CT molecular complexity index is 1310. The van der Waals surface area contributed by atoms with Crippen molar-refractivity contribution in [3.8, 4) is 5.75 Å². The standard InChI is InChI=1S/C27H29N3O5S/c1-28-36(33,34)22-14-11-21(12-15-22)13-16-26(31)30-19-25(35-24-10-6-5-9-23(24)30)27(32)29-18-17-20-7-3-2-4-8-20/h2-12,14-15,25,28H,13,16-19H2,1H3,(H,29,32)/t25-/m1/s1. The molecule has 2 N–H and O–H groups in total. The third kappa shape index (κ3) is 6.10. The summed E-state index contributed by atoms with van der Waals surface area (Å²) >= 11 is 0. The molecular formula is C27H29N3O5S. The summed E-state index contributed by atoms with van der Waals surface area (Å²) in [7, 11) is -2.15. The van der Waals surface area contributed by atoms with Crippen molar-refractivity contribution in [3.63, 3.8) is 0 Å². The van der Waals surface area contributed by atoms with Gasteiger partial charge in [-0.2, -0.15) is 0 Å². The minimum absolute atomic E-state index is 0.117. The van der Waals surface area contributed by atoms with E-state index < -0.39 is 16.1 Å². The number of amides is 2. The summed E-state index contributed by atoms with van der Waals surface area (Å²) in [4.78, 5) is 27.8. The molecule has 0 fully saturated rings. The monoisotopic (exact) mass is 507 g/mol. The van der Waals surface area contributed by atoms with Crippen molar-refractivity contribution in [3.05, 3.63) is 90.0 Å². The van der Waals surface area contributed by atoms with Gasteiger partial charge in [-0.25, -0.2) is 13.1 Å². The highest BCUT2D eigenvalue weighted by Gasteiger charge is 2.33. The summed E-state index contributed by atoms with van der Waals surface area (Å²) in [6.07, 6.45) is 0.527. The van der Waals surface area contributed by atoms with Crippen molar-refractivity contribution < 1.29 is 22.7 Å². The molecule has 0 unspecified atom stereocenters. The van der Waals surface area contributed by atoms with E-state index in [-0.39, 0.29) is 29.7 Å². The SMILES string of the molecule is CNS(=O)(=O)c1ccc(CCC(=O)N2C[C@H](C(=O)NCCc3ccccc3)Oc3ccccc32)cc1. The van der Waals surface area contributed by atoms with E-state index in [0.29, 0.717) is 30.8 Å². The number of nitrogens with one attached hydrogen (secondary N) is 2. The van der Waals surface area contributed by atoms with Crippen molar-refractivity contribution >= 4 is 27.5 Å². The van der Waals surface area contributed by atoms with Crippen LogP contribution in [-0.2, 0) is 32.5 Å². The lowest BCUT2D eigenvalue weighted by atomic mass is 10.1. The summed E-state index contributed by atoms with van der Waals surface area (Å²) in [6, 6.07) is 23.5. The molecule has 8 nitrogen and oxygen atoms in total. The van der Waals surface area contributed by atoms with Crippen LogP contribution in [0, 0.1) is 0 Å². The molecule has 36 heavy (non-hydrogen) atoms. The van der Waals surface area contributed by atoms with Crippen molar-refractivity contribution in [1.82, 2.24) is 10.0 Å². The fourth-order valence-electron chi connectivity index (χ4n) is 4.04. The van der Waals surface area contributed by atoms with E-state index in [1.54, 1.807) is 35.2 Å². The van der Waals surface area contributed by atoms with Crippen molar-refractivity contribution in [2.45, 2.75) is 30.3 Å². The van der Waals surface area contributed by atoms with E-state index >= 15 is 0 Å². The highest BCUT2D eigenvalue weighted by molar-refractivity contribution is 7.89. The minimum atomic E-state index is -3.51. The predicted molar refractivity (Wildman–Crippen MR) is 137 cm³/mol. The highest BCUT2D eigenvalue weighted by atomic mass is 32.2. The second-order valence-electron chi connectivity index (χ2n) is 8.46. The highest BCUT2D eigenvalue weighted by Crippen LogP contribution is 2.33. The molecule has 1 aliphatic rings. The number of anilines is 1. The number of ether oxygens (including phenoxy) is 1. The lowest BCUT2D eigenvalue weighted by molar-refractivity contribution is -0.128. The van der Waals surface area contributed by atoms with Gasteiger partial charge in [-0.15, -0.1) is 0 Å². The van der Waals surface area contributed by atoms with Gasteiger partial charge >= 0.3 is 0 Å². The van der Waals surface area contributed by atoms with Crippen LogP contribution in [0.25, 0.3) is 0 Å². The Labute approximate surface area is 211 Å². The van der Waals surface area contributed by atoms with Gasteiger partial charge in [0.2, 0.25) is 15.9 Å². The molecule has 3 aromatic rings. The second-order valence-corrected chi connectivity index (χ2v) is 10.3. The molecular weight excluding hydrogens is 478 g/mol. The first-order chi connectivity index (χ1) is 17.4. The Morgan fingerprint density at radius 3 is 2.31 bits per heavy atom. The molecule has 0 spiro atoms. The molecule has 0 aliphatic carbocycles. The number of carbonyl (C=O) groups is 2. The Morgan fingerprint density at radius 1 is 0.917 bits per heavy atom. The number of rotatable bonds is 9. The van der Waals surface area contributed by atoms with E-state index in [4.69, 9.17) is 4.74 Å². The van der Waals surface area contributed by atoms with Crippen molar-refractivity contribution in [2.75, 3.05) is 25.0 Å². The second kappa shape index (κ2) is 11.4. The molecule has 4 rings (SSSR count). The van der Waals surface area contributed by atoms with Gasteiger partial charge in [-0.3, -0.25) is 9.59 Å². The largest absolute Gasteiger partial charge is 0.477 e. The molecule has 0 saturated heterocycles. The maximum atomic E-state index is 13.2. The first-order valence-corrected chi connectivity index (χ1v) is 13.3. The number of fused-ring (bicyclic) bond motifs is 1. The van der Waals surface area contributed by atoms with Crippen LogP contribution < -0.4 is 19.7 Å². The van der Waals surface area contributed by atoms with E-state index in [0.717, 1.165) is 11.1 Å². The molecule has 3 aromatic carbocycles. The third-order valence-corrected chi connectivity index (χ3v) is 7.48. The molecule has 9 heteroatoms. The number of hydrogen-bond donors (Lipinski definition) is 2. The zero-order valence-corrected chi connectivity index (χ0v) is 20.8. The number of carbonyl (C=O) groups excluding carboxylic acids is 2. The molecule has 0 saturated carbocycles. The van der Waals surface area contributed by atoms with Gasteiger partial charge in [0.05, 0.1) is 17.1 Å². The maximum absolute atomic E-state index is 13.2. The fourth-order valence-corrected chi connectivity index (χ4v) is 4.77. The van der Waals surface area contributed by atoms with Gasteiger partial charge in [0, 0.05) is 13.0 Å². The summed E-state index contributed by atoms with van der Waals surface area (Å²) in [5.41, 5.74) is 2.60. The van der Waals surface area contributed by atoms with Gasteiger partial charge < -0.3 is 15.0 Å². The van der Waals surface area contributed by atoms with Crippen LogP contribution in [0.3, 0.4) is 0 Å². The topological polar surface area (TPSA) is 105 Å². The minimum Gasteiger partial charge on any atom is -0.477 e. The molecule has 0 radical (unpaired) electrons. The first kappa shape index (κ1) is 25.4. The first-order valence-electron chi connectivity index (χ1n) is 11.8. The van der Waals surface area contributed by atoms with Crippen LogP contribution in [-0.4, -0.2) is 46.5 Å². The third-order valence-electron chi connectivity index (χ3n) is 6.05. The van der Waals surface area contributed by atoms with Crippen LogP contribution in [0.5, 0.6) is 5.75 Å². The number of aryl methyl sites for hydroxylation is 1.